The van der Waals surface area contributed by atoms with Crippen molar-refractivity contribution in [1.29, 1.82) is 0 Å². The molecule has 0 bridgehead atoms. The van der Waals surface area contributed by atoms with Crippen LogP contribution in [0.15, 0.2) is 71.5 Å². The summed E-state index contributed by atoms with van der Waals surface area (Å²) in [6, 6.07) is 10.5. The molecule has 0 radical (unpaired) electrons. The van der Waals surface area contributed by atoms with E-state index in [1.54, 1.807) is 51.9 Å². The SMILES string of the molecule is Cc1cc2c(cnn2-c2ccc(F)cc2)cc1C1(Cc2nccs2)CCN(S(=O)(=O)c2cnn(C)c2)C1. The number of aromatic nitrogens is 5. The van der Waals surface area contributed by atoms with Crippen molar-refractivity contribution in [1.82, 2.24) is 28.9 Å². The van der Waals surface area contributed by atoms with E-state index in [0.717, 1.165) is 32.7 Å². The molecular weight excluding hydrogens is 511 g/mol. The van der Waals surface area contributed by atoms with Gasteiger partial charge in [-0.3, -0.25) is 4.68 Å². The Morgan fingerprint density at radius 3 is 2.65 bits per heavy atom. The van der Waals surface area contributed by atoms with Crippen molar-refractivity contribution in [2.75, 3.05) is 13.1 Å². The van der Waals surface area contributed by atoms with Crippen molar-refractivity contribution >= 4 is 32.3 Å². The van der Waals surface area contributed by atoms with Crippen LogP contribution in [-0.2, 0) is 28.9 Å². The van der Waals surface area contributed by atoms with Crippen molar-refractivity contribution in [2.45, 2.75) is 30.1 Å². The van der Waals surface area contributed by atoms with E-state index in [2.05, 4.69) is 34.2 Å². The number of thiazole rings is 1. The zero-order valence-electron chi connectivity index (χ0n) is 20.4. The molecule has 37 heavy (non-hydrogen) atoms. The van der Waals surface area contributed by atoms with Crippen molar-refractivity contribution in [3.63, 3.8) is 0 Å². The second-order valence-electron chi connectivity index (χ2n) is 9.58. The number of rotatable bonds is 6. The topological polar surface area (TPSA) is 85.9 Å². The summed E-state index contributed by atoms with van der Waals surface area (Å²) in [5.41, 5.74) is 3.39. The molecule has 1 aliphatic rings. The molecular formula is C26H25FN6O2S2. The second-order valence-corrected chi connectivity index (χ2v) is 12.5. The molecule has 4 heterocycles. The Labute approximate surface area is 218 Å². The molecule has 2 aromatic carbocycles. The van der Waals surface area contributed by atoms with Crippen LogP contribution in [0, 0.1) is 12.7 Å². The van der Waals surface area contributed by atoms with Gasteiger partial charge in [0.25, 0.3) is 0 Å². The lowest BCUT2D eigenvalue weighted by molar-refractivity contribution is 0.413. The van der Waals surface area contributed by atoms with Gasteiger partial charge < -0.3 is 0 Å². The summed E-state index contributed by atoms with van der Waals surface area (Å²) in [4.78, 5) is 4.73. The normalized spacial score (nSPS) is 18.7. The summed E-state index contributed by atoms with van der Waals surface area (Å²) in [6.45, 7) is 2.82. The van der Waals surface area contributed by atoms with Gasteiger partial charge in [-0.15, -0.1) is 11.3 Å². The van der Waals surface area contributed by atoms with Crippen molar-refractivity contribution in [3.8, 4) is 5.69 Å². The monoisotopic (exact) mass is 536 g/mol. The highest BCUT2D eigenvalue weighted by Crippen LogP contribution is 2.43. The van der Waals surface area contributed by atoms with Gasteiger partial charge in [0.1, 0.15) is 10.7 Å². The minimum Gasteiger partial charge on any atom is -0.274 e. The van der Waals surface area contributed by atoms with Crippen LogP contribution < -0.4 is 0 Å². The number of hydrogen-bond donors (Lipinski definition) is 0. The van der Waals surface area contributed by atoms with Crippen LogP contribution in [0.3, 0.4) is 0 Å². The summed E-state index contributed by atoms with van der Waals surface area (Å²) < 4.78 is 45.3. The smallest absolute Gasteiger partial charge is 0.246 e. The van der Waals surface area contributed by atoms with E-state index in [1.807, 2.05) is 5.38 Å². The molecule has 3 aromatic heterocycles. The highest BCUT2D eigenvalue weighted by atomic mass is 32.2. The fourth-order valence-corrected chi connectivity index (χ4v) is 7.62. The van der Waals surface area contributed by atoms with Crippen LogP contribution in [-0.4, -0.2) is 50.4 Å². The largest absolute Gasteiger partial charge is 0.274 e. The Bertz CT molecular complexity index is 1690. The average molecular weight is 537 g/mol. The molecule has 190 valence electrons. The summed E-state index contributed by atoms with van der Waals surface area (Å²) in [7, 11) is -1.97. The molecule has 5 aromatic rings. The molecule has 1 unspecified atom stereocenters. The summed E-state index contributed by atoms with van der Waals surface area (Å²) in [5.74, 6) is -0.296. The van der Waals surface area contributed by atoms with Crippen LogP contribution >= 0.6 is 11.3 Å². The van der Waals surface area contributed by atoms with Crippen LogP contribution in [0.25, 0.3) is 16.6 Å². The van der Waals surface area contributed by atoms with E-state index in [9.17, 15) is 12.8 Å². The van der Waals surface area contributed by atoms with Gasteiger partial charge in [-0.05, 0) is 60.9 Å². The Morgan fingerprint density at radius 2 is 1.95 bits per heavy atom. The first kappa shape index (κ1) is 24.0. The summed E-state index contributed by atoms with van der Waals surface area (Å²) >= 11 is 1.58. The molecule has 0 aliphatic carbocycles. The highest BCUT2D eigenvalue weighted by molar-refractivity contribution is 7.89. The van der Waals surface area contributed by atoms with Gasteiger partial charge in [0.05, 0.1) is 28.6 Å². The van der Waals surface area contributed by atoms with Crippen molar-refractivity contribution < 1.29 is 12.8 Å². The molecule has 1 fully saturated rings. The van der Waals surface area contributed by atoms with Gasteiger partial charge in [0.2, 0.25) is 10.0 Å². The van der Waals surface area contributed by atoms with Gasteiger partial charge in [-0.2, -0.15) is 14.5 Å². The molecule has 1 aliphatic heterocycles. The molecule has 1 saturated heterocycles. The van der Waals surface area contributed by atoms with Crippen molar-refractivity contribution in [2.24, 2.45) is 7.05 Å². The van der Waals surface area contributed by atoms with E-state index in [0.29, 0.717) is 25.9 Å². The molecule has 0 spiro atoms. The number of nitrogens with zero attached hydrogens (tertiary/aromatic N) is 6. The molecule has 6 rings (SSSR count). The zero-order chi connectivity index (χ0) is 25.8. The minimum absolute atomic E-state index is 0.202. The fraction of sp³-hybridized carbons (Fsp3) is 0.269. The Hall–Kier alpha value is -3.41. The number of hydrogen-bond acceptors (Lipinski definition) is 6. The number of sulfonamides is 1. The highest BCUT2D eigenvalue weighted by Gasteiger charge is 2.45. The lowest BCUT2D eigenvalue weighted by Gasteiger charge is -2.31. The number of benzene rings is 2. The number of aryl methyl sites for hydroxylation is 2. The Morgan fingerprint density at radius 1 is 1.14 bits per heavy atom. The average Bonchev–Trinajstić information content (AvgIpc) is 3.67. The minimum atomic E-state index is -3.68. The molecule has 0 saturated carbocycles. The van der Waals surface area contributed by atoms with E-state index in [-0.39, 0.29) is 10.7 Å². The van der Waals surface area contributed by atoms with Gasteiger partial charge in [0, 0.05) is 55.1 Å². The maximum atomic E-state index is 13.5. The Kier molecular flexibility index (Phi) is 5.74. The van der Waals surface area contributed by atoms with Crippen LogP contribution in [0.2, 0.25) is 0 Å². The lowest BCUT2D eigenvalue weighted by Crippen LogP contribution is -2.36. The number of fused-ring (bicyclic) bond motifs is 1. The summed E-state index contributed by atoms with van der Waals surface area (Å²) in [6.07, 6.45) is 7.84. The maximum absolute atomic E-state index is 13.5. The van der Waals surface area contributed by atoms with Gasteiger partial charge in [-0.1, -0.05) is 0 Å². The van der Waals surface area contributed by atoms with Gasteiger partial charge >= 0.3 is 0 Å². The number of halogens is 1. The third kappa shape index (κ3) is 4.16. The van der Waals surface area contributed by atoms with Gasteiger partial charge in [0.15, 0.2) is 0 Å². The molecule has 11 heteroatoms. The van der Waals surface area contributed by atoms with E-state index in [4.69, 9.17) is 0 Å². The lowest BCUT2D eigenvalue weighted by atomic mass is 9.75. The third-order valence-electron chi connectivity index (χ3n) is 7.17. The van der Waals surface area contributed by atoms with Crippen molar-refractivity contribution in [3.05, 3.63) is 88.5 Å². The summed E-state index contributed by atoms with van der Waals surface area (Å²) in [5, 5.41) is 12.5. The standard InChI is InChI=1S/C26H25FN6O2S2/c1-18-11-24-19(14-30-33(24)21-5-3-20(27)4-6-21)12-23(18)26(13-25-28-8-10-36-25)7-9-32(17-26)37(34,35)22-15-29-31(2)16-22/h3-6,8,10-12,14-16H,7,9,13,17H2,1-2H3. The maximum Gasteiger partial charge on any atom is 0.246 e. The predicted octanol–water partition coefficient (Wildman–Crippen LogP) is 4.24. The van der Waals surface area contributed by atoms with E-state index >= 15 is 0 Å². The third-order valence-corrected chi connectivity index (χ3v) is 9.75. The van der Waals surface area contributed by atoms with Crippen LogP contribution in [0.5, 0.6) is 0 Å². The van der Waals surface area contributed by atoms with Gasteiger partial charge in [-0.25, -0.2) is 22.5 Å². The first-order valence-corrected chi connectivity index (χ1v) is 14.2. The molecule has 8 nitrogen and oxygen atoms in total. The zero-order valence-corrected chi connectivity index (χ0v) is 22.0. The van der Waals surface area contributed by atoms with Crippen LogP contribution in [0.4, 0.5) is 4.39 Å². The molecule has 0 amide bonds. The molecule has 0 N–H and O–H groups in total. The first-order valence-electron chi connectivity index (χ1n) is 11.9. The first-order chi connectivity index (χ1) is 17.7. The second kappa shape index (κ2) is 8.86. The van der Waals surface area contributed by atoms with E-state index in [1.165, 1.54) is 29.2 Å². The quantitative estimate of drug-likeness (QED) is 0.324. The van der Waals surface area contributed by atoms with E-state index < -0.39 is 15.4 Å². The predicted molar refractivity (Wildman–Crippen MR) is 140 cm³/mol. The Balaban J connectivity index is 1.43. The van der Waals surface area contributed by atoms with Crippen LogP contribution in [0.1, 0.15) is 22.6 Å². The fourth-order valence-electron chi connectivity index (χ4n) is 5.35. The molecule has 1 atom stereocenters.